The fourth-order valence-electron chi connectivity index (χ4n) is 7.41. The van der Waals surface area contributed by atoms with Gasteiger partial charge in [-0.05, 0) is 76.6 Å². The fourth-order valence-corrected chi connectivity index (χ4v) is 7.41. The maximum atomic E-state index is 12.4. The highest BCUT2D eigenvalue weighted by atomic mass is 16.5. The van der Waals surface area contributed by atoms with Crippen molar-refractivity contribution in [2.45, 2.75) is 99.6 Å². The van der Waals surface area contributed by atoms with E-state index in [1.807, 2.05) is 60.7 Å². The van der Waals surface area contributed by atoms with Gasteiger partial charge >= 0.3 is 11.9 Å². The molecule has 4 bridgehead atoms. The third-order valence-corrected chi connectivity index (χ3v) is 10.0. The van der Waals surface area contributed by atoms with Crippen molar-refractivity contribution in [1.29, 1.82) is 0 Å². The largest absolute Gasteiger partial charge is 0.462 e. The molecular weight excluding hydrogens is 532 g/mol. The van der Waals surface area contributed by atoms with E-state index < -0.39 is 11.8 Å². The molecule has 2 unspecified atom stereocenters. The van der Waals surface area contributed by atoms with Crippen LogP contribution in [-0.4, -0.2) is 95.6 Å². The minimum Gasteiger partial charge on any atom is -0.462 e. The Hall–Kier alpha value is -2.78. The average Bonchev–Trinajstić information content (AvgIpc) is 3.32. The lowest BCUT2D eigenvalue weighted by Gasteiger charge is -2.36. The molecule has 8 atom stereocenters. The van der Waals surface area contributed by atoms with E-state index in [1.54, 1.807) is 0 Å². The number of carbonyl (C=O) groups excluding carboxylic acids is 2. The highest BCUT2D eigenvalue weighted by molar-refractivity contribution is 5.79. The zero-order valence-corrected chi connectivity index (χ0v) is 24.9. The van der Waals surface area contributed by atoms with Gasteiger partial charge in [0, 0.05) is 24.2 Å². The van der Waals surface area contributed by atoms with Gasteiger partial charge in [0.05, 0.1) is 13.2 Å². The first-order chi connectivity index (χ1) is 20.4. The Bertz CT molecular complexity index is 1040. The number of rotatable bonds is 8. The van der Waals surface area contributed by atoms with Gasteiger partial charge in [0.2, 0.25) is 0 Å². The van der Waals surface area contributed by atoms with E-state index in [1.165, 1.54) is 25.7 Å². The number of aliphatic hydroxyl groups is 2. The summed E-state index contributed by atoms with van der Waals surface area (Å²) in [5, 5.41) is 19.1. The lowest BCUT2D eigenvalue weighted by Crippen LogP contribution is -2.43. The van der Waals surface area contributed by atoms with Crippen molar-refractivity contribution in [2.24, 2.45) is 0 Å². The van der Waals surface area contributed by atoms with Crippen molar-refractivity contribution < 1.29 is 29.3 Å². The van der Waals surface area contributed by atoms with Gasteiger partial charge in [-0.15, -0.1) is 0 Å². The van der Waals surface area contributed by atoms with Crippen LogP contribution in [-0.2, 0) is 19.1 Å². The number of esters is 2. The molecule has 8 nitrogen and oxygen atoms in total. The van der Waals surface area contributed by atoms with Crippen LogP contribution >= 0.6 is 0 Å². The molecule has 42 heavy (non-hydrogen) atoms. The van der Waals surface area contributed by atoms with Gasteiger partial charge in [-0.3, -0.25) is 9.59 Å². The number of hydrogen-bond donors (Lipinski definition) is 2. The van der Waals surface area contributed by atoms with Gasteiger partial charge in [0.15, 0.2) is 0 Å². The molecule has 2 N–H and O–H groups in total. The Morgan fingerprint density at radius 2 is 0.952 bits per heavy atom. The summed E-state index contributed by atoms with van der Waals surface area (Å²) in [6, 6.07) is 20.9. The minimum atomic E-state index is -0.566. The normalized spacial score (nSPS) is 30.1. The average molecular weight is 579 g/mol. The molecule has 8 heteroatoms. The summed E-state index contributed by atoms with van der Waals surface area (Å²) < 4.78 is 11.4. The van der Waals surface area contributed by atoms with E-state index in [0.29, 0.717) is 24.2 Å². The van der Waals surface area contributed by atoms with Crippen molar-refractivity contribution in [3.8, 4) is 0 Å². The lowest BCUT2D eigenvalue weighted by molar-refractivity contribution is -0.156. The Balaban J connectivity index is 0.000000168. The molecular formula is C34H46N2O6. The second kappa shape index (κ2) is 14.1. The highest BCUT2D eigenvalue weighted by Gasteiger charge is 2.41. The number of hydrogen-bond acceptors (Lipinski definition) is 8. The standard InChI is InChI=1S/2C17H23NO3/c2*1-18-13-7-8-14(18)10-15(9-13)21-17(20)16(11-19)12-5-3-2-4-6-12/h2*2-6,13-16,19H,7-11H2,1H3/t2*13-,14+,15?,16-/m11/s1. The summed E-state index contributed by atoms with van der Waals surface area (Å²) >= 11 is 0. The smallest absolute Gasteiger partial charge is 0.316 e. The number of fused-ring (bicyclic) bond motifs is 4. The Kier molecular flexibility index (Phi) is 10.3. The monoisotopic (exact) mass is 578 g/mol. The van der Waals surface area contributed by atoms with Crippen LogP contribution in [0.25, 0.3) is 0 Å². The van der Waals surface area contributed by atoms with Crippen LogP contribution < -0.4 is 0 Å². The zero-order valence-electron chi connectivity index (χ0n) is 24.9. The second-order valence-electron chi connectivity index (χ2n) is 12.5. The van der Waals surface area contributed by atoms with Gasteiger partial charge < -0.3 is 29.5 Å². The molecule has 2 aromatic rings. The number of nitrogens with zero attached hydrogens (tertiary/aromatic N) is 2. The Morgan fingerprint density at radius 3 is 1.24 bits per heavy atom. The molecule has 0 spiro atoms. The van der Waals surface area contributed by atoms with Crippen LogP contribution in [0.1, 0.15) is 74.3 Å². The molecule has 228 valence electrons. The number of piperidine rings is 2. The first kappa shape index (κ1) is 30.7. The van der Waals surface area contributed by atoms with Gasteiger partial charge in [0.1, 0.15) is 24.0 Å². The van der Waals surface area contributed by atoms with E-state index in [9.17, 15) is 19.8 Å². The molecule has 6 rings (SSSR count). The molecule has 0 aliphatic carbocycles. The Labute approximate surface area is 249 Å². The summed E-state index contributed by atoms with van der Waals surface area (Å²) in [6.07, 6.45) is 8.52. The number of carbonyl (C=O) groups is 2. The van der Waals surface area contributed by atoms with Gasteiger partial charge in [-0.2, -0.15) is 0 Å². The predicted octanol–water partition coefficient (Wildman–Crippen LogP) is 3.86. The van der Waals surface area contributed by atoms with E-state index in [2.05, 4.69) is 23.9 Å². The van der Waals surface area contributed by atoms with Crippen LogP contribution in [0.5, 0.6) is 0 Å². The molecule has 4 fully saturated rings. The zero-order chi connectivity index (χ0) is 29.6. The van der Waals surface area contributed by atoms with Crippen LogP contribution in [0.4, 0.5) is 0 Å². The molecule has 0 aromatic heterocycles. The summed E-state index contributed by atoms with van der Waals surface area (Å²) in [5.41, 5.74) is 1.64. The molecule has 0 saturated carbocycles. The third kappa shape index (κ3) is 7.05. The second-order valence-corrected chi connectivity index (χ2v) is 12.5. The topological polar surface area (TPSA) is 99.5 Å². The lowest BCUT2D eigenvalue weighted by atomic mass is 9.98. The van der Waals surface area contributed by atoms with Gasteiger partial charge in [-0.1, -0.05) is 60.7 Å². The number of aliphatic hydroxyl groups excluding tert-OH is 2. The minimum absolute atomic E-state index is 0.00367. The van der Waals surface area contributed by atoms with Crippen molar-refractivity contribution in [3.05, 3.63) is 71.8 Å². The van der Waals surface area contributed by atoms with Crippen molar-refractivity contribution in [2.75, 3.05) is 27.3 Å². The summed E-state index contributed by atoms with van der Waals surface area (Å²) in [4.78, 5) is 29.6. The van der Waals surface area contributed by atoms with Crippen LogP contribution in [0.2, 0.25) is 0 Å². The molecule has 4 heterocycles. The third-order valence-electron chi connectivity index (χ3n) is 10.0. The molecule has 0 amide bonds. The molecule has 0 radical (unpaired) electrons. The van der Waals surface area contributed by atoms with E-state index in [-0.39, 0.29) is 37.4 Å². The highest BCUT2D eigenvalue weighted by Crippen LogP contribution is 2.37. The maximum Gasteiger partial charge on any atom is 0.316 e. The summed E-state index contributed by atoms with van der Waals surface area (Å²) in [7, 11) is 4.34. The molecule has 2 aromatic carbocycles. The predicted molar refractivity (Wildman–Crippen MR) is 160 cm³/mol. The van der Waals surface area contributed by atoms with Crippen molar-refractivity contribution >= 4 is 11.9 Å². The van der Waals surface area contributed by atoms with Crippen LogP contribution in [0.3, 0.4) is 0 Å². The Morgan fingerprint density at radius 1 is 0.643 bits per heavy atom. The van der Waals surface area contributed by atoms with Crippen molar-refractivity contribution in [1.82, 2.24) is 9.80 Å². The summed E-state index contributed by atoms with van der Waals surface area (Å²) in [6.45, 7) is -0.412. The maximum absolute atomic E-state index is 12.4. The first-order valence-electron chi connectivity index (χ1n) is 15.5. The summed E-state index contributed by atoms with van der Waals surface area (Å²) in [5.74, 6) is -1.72. The fraction of sp³-hybridized carbons (Fsp3) is 0.588. The van der Waals surface area contributed by atoms with Crippen LogP contribution in [0.15, 0.2) is 60.7 Å². The van der Waals surface area contributed by atoms with E-state index >= 15 is 0 Å². The van der Waals surface area contributed by atoms with E-state index in [4.69, 9.17) is 9.47 Å². The molecule has 4 aliphatic rings. The number of benzene rings is 2. The first-order valence-corrected chi connectivity index (χ1v) is 15.5. The van der Waals surface area contributed by atoms with Gasteiger partial charge in [0.25, 0.3) is 0 Å². The SMILES string of the molecule is CN1[C@@H]2CC[C@H]1CC(OC(=O)[C@H](CO)c1ccccc1)C2.CN1[C@@H]2CC[C@H]1CC(OC(=O)[C@H](CO)c1ccccc1)C2. The molecule has 4 saturated heterocycles. The van der Waals surface area contributed by atoms with Crippen molar-refractivity contribution in [3.63, 3.8) is 0 Å². The quantitative estimate of drug-likeness (QED) is 0.456. The van der Waals surface area contributed by atoms with E-state index in [0.717, 1.165) is 36.8 Å². The van der Waals surface area contributed by atoms with Gasteiger partial charge in [-0.25, -0.2) is 0 Å². The van der Waals surface area contributed by atoms with Crippen LogP contribution in [0, 0.1) is 0 Å². The number of ether oxygens (including phenoxy) is 2. The molecule has 4 aliphatic heterocycles.